The fraction of sp³-hybridized carbons (Fsp3) is 0.714. The van der Waals surface area contributed by atoms with Crippen molar-refractivity contribution in [2.75, 3.05) is 26.8 Å². The second-order valence-electron chi connectivity index (χ2n) is 2.10. The van der Waals surface area contributed by atoms with Crippen LogP contribution in [0.3, 0.4) is 0 Å². The molecule has 1 N–H and O–H groups in total. The number of methoxy groups -OCH3 is 1. The SMILES string of the molecule is CCN(CCO)C(=O)C(=O)OC. The Bertz CT molecular complexity index is 169. The standard InChI is InChI=1S/C7H13NO4/c1-3-8(4-5-9)6(10)7(11)12-2/h9H,3-5H2,1-2H3. The molecular weight excluding hydrogens is 162 g/mol. The van der Waals surface area contributed by atoms with Gasteiger partial charge >= 0.3 is 11.9 Å². The van der Waals surface area contributed by atoms with Gasteiger partial charge in [0.2, 0.25) is 0 Å². The van der Waals surface area contributed by atoms with Gasteiger partial charge in [-0.2, -0.15) is 0 Å². The van der Waals surface area contributed by atoms with E-state index >= 15 is 0 Å². The van der Waals surface area contributed by atoms with Crippen LogP contribution in [0.25, 0.3) is 0 Å². The van der Waals surface area contributed by atoms with Crippen LogP contribution in [0, 0.1) is 0 Å². The molecule has 0 aliphatic heterocycles. The van der Waals surface area contributed by atoms with Gasteiger partial charge in [0, 0.05) is 13.1 Å². The van der Waals surface area contributed by atoms with Crippen LogP contribution >= 0.6 is 0 Å². The summed E-state index contributed by atoms with van der Waals surface area (Å²) in [7, 11) is 1.15. The van der Waals surface area contributed by atoms with Crippen LogP contribution in [0.2, 0.25) is 0 Å². The molecule has 0 spiro atoms. The fourth-order valence-corrected chi connectivity index (χ4v) is 0.740. The van der Waals surface area contributed by atoms with Gasteiger partial charge in [0.1, 0.15) is 0 Å². The van der Waals surface area contributed by atoms with E-state index in [1.807, 2.05) is 0 Å². The Morgan fingerprint density at radius 3 is 2.42 bits per heavy atom. The second-order valence-corrected chi connectivity index (χ2v) is 2.10. The van der Waals surface area contributed by atoms with Crippen molar-refractivity contribution < 1.29 is 19.4 Å². The quantitative estimate of drug-likeness (QED) is 0.441. The number of hydrogen-bond acceptors (Lipinski definition) is 4. The number of amides is 1. The van der Waals surface area contributed by atoms with Gasteiger partial charge in [-0.15, -0.1) is 0 Å². The zero-order chi connectivity index (χ0) is 9.56. The van der Waals surface area contributed by atoms with Crippen molar-refractivity contribution in [2.45, 2.75) is 6.92 Å². The van der Waals surface area contributed by atoms with Gasteiger partial charge in [0.25, 0.3) is 0 Å². The number of ether oxygens (including phenoxy) is 1. The molecule has 0 saturated heterocycles. The van der Waals surface area contributed by atoms with Crippen molar-refractivity contribution in [3.8, 4) is 0 Å². The molecule has 0 unspecified atom stereocenters. The summed E-state index contributed by atoms with van der Waals surface area (Å²) in [6, 6.07) is 0. The first kappa shape index (κ1) is 10.9. The van der Waals surface area contributed by atoms with Crippen LogP contribution in [0.15, 0.2) is 0 Å². The minimum Gasteiger partial charge on any atom is -0.462 e. The van der Waals surface area contributed by atoms with Crippen LogP contribution in [0.4, 0.5) is 0 Å². The normalized spacial score (nSPS) is 9.25. The Balaban J connectivity index is 4.11. The first-order valence-electron chi connectivity index (χ1n) is 3.65. The lowest BCUT2D eigenvalue weighted by molar-refractivity contribution is -0.158. The van der Waals surface area contributed by atoms with Crippen LogP contribution in [-0.2, 0) is 14.3 Å². The third-order valence-corrected chi connectivity index (χ3v) is 1.40. The van der Waals surface area contributed by atoms with Crippen LogP contribution in [-0.4, -0.2) is 48.7 Å². The Hall–Kier alpha value is -1.10. The van der Waals surface area contributed by atoms with Gasteiger partial charge in [-0.3, -0.25) is 4.79 Å². The molecule has 0 heterocycles. The largest absolute Gasteiger partial charge is 0.462 e. The molecule has 12 heavy (non-hydrogen) atoms. The molecule has 0 aromatic carbocycles. The van der Waals surface area contributed by atoms with E-state index in [0.29, 0.717) is 6.54 Å². The predicted molar refractivity (Wildman–Crippen MR) is 41.4 cm³/mol. The topological polar surface area (TPSA) is 66.8 Å². The summed E-state index contributed by atoms with van der Waals surface area (Å²) in [5.41, 5.74) is 0. The third kappa shape index (κ3) is 2.87. The molecule has 0 aromatic rings. The highest BCUT2D eigenvalue weighted by Crippen LogP contribution is 1.90. The second kappa shape index (κ2) is 5.54. The number of aliphatic hydroxyl groups is 1. The third-order valence-electron chi connectivity index (χ3n) is 1.40. The maximum atomic E-state index is 11.0. The molecule has 0 saturated carbocycles. The number of carbonyl (C=O) groups excluding carboxylic acids is 2. The average Bonchev–Trinajstić information content (AvgIpc) is 2.11. The highest BCUT2D eigenvalue weighted by atomic mass is 16.5. The maximum absolute atomic E-state index is 11.0. The lowest BCUT2D eigenvalue weighted by Gasteiger charge is -2.17. The zero-order valence-electron chi connectivity index (χ0n) is 7.24. The molecule has 1 amide bonds. The van der Waals surface area contributed by atoms with Gasteiger partial charge < -0.3 is 14.7 Å². The number of nitrogens with zero attached hydrogens (tertiary/aromatic N) is 1. The fourth-order valence-electron chi connectivity index (χ4n) is 0.740. The summed E-state index contributed by atoms with van der Waals surface area (Å²) in [5, 5.41) is 8.53. The van der Waals surface area contributed by atoms with Gasteiger partial charge in [0.05, 0.1) is 13.7 Å². The highest BCUT2D eigenvalue weighted by Gasteiger charge is 2.19. The van der Waals surface area contributed by atoms with E-state index < -0.39 is 11.9 Å². The van der Waals surface area contributed by atoms with Gasteiger partial charge in [-0.05, 0) is 6.92 Å². The van der Waals surface area contributed by atoms with Crippen LogP contribution in [0.5, 0.6) is 0 Å². The van der Waals surface area contributed by atoms with Crippen molar-refractivity contribution in [1.82, 2.24) is 4.90 Å². The van der Waals surface area contributed by atoms with Crippen molar-refractivity contribution in [3.63, 3.8) is 0 Å². The number of aliphatic hydroxyl groups excluding tert-OH is 1. The first-order valence-corrected chi connectivity index (χ1v) is 3.65. The van der Waals surface area contributed by atoms with E-state index in [1.165, 1.54) is 4.90 Å². The number of carbonyl (C=O) groups is 2. The minimum absolute atomic E-state index is 0.156. The van der Waals surface area contributed by atoms with Gasteiger partial charge in [-0.25, -0.2) is 4.79 Å². The van der Waals surface area contributed by atoms with Crippen molar-refractivity contribution in [1.29, 1.82) is 0 Å². The molecule has 0 rings (SSSR count). The number of rotatable bonds is 3. The molecule has 0 aliphatic rings. The molecule has 70 valence electrons. The van der Waals surface area contributed by atoms with Crippen molar-refractivity contribution in [3.05, 3.63) is 0 Å². The summed E-state index contributed by atoms with van der Waals surface area (Å²) >= 11 is 0. The van der Waals surface area contributed by atoms with E-state index in [9.17, 15) is 9.59 Å². The molecule has 0 aliphatic carbocycles. The molecule has 0 atom stereocenters. The highest BCUT2D eigenvalue weighted by molar-refractivity contribution is 6.32. The molecule has 0 radical (unpaired) electrons. The van der Waals surface area contributed by atoms with E-state index in [2.05, 4.69) is 4.74 Å². The summed E-state index contributed by atoms with van der Waals surface area (Å²) in [6.45, 7) is 2.10. The van der Waals surface area contributed by atoms with Crippen LogP contribution < -0.4 is 0 Å². The van der Waals surface area contributed by atoms with Gasteiger partial charge in [0.15, 0.2) is 0 Å². The summed E-state index contributed by atoms with van der Waals surface area (Å²) in [6.07, 6.45) is 0. The van der Waals surface area contributed by atoms with Gasteiger partial charge in [-0.1, -0.05) is 0 Å². The molecule has 0 fully saturated rings. The van der Waals surface area contributed by atoms with E-state index in [-0.39, 0.29) is 13.2 Å². The predicted octanol–water partition coefficient (Wildman–Crippen LogP) is -1.000. The summed E-state index contributed by atoms with van der Waals surface area (Å²) in [5.74, 6) is -1.61. The Morgan fingerprint density at radius 2 is 2.08 bits per heavy atom. The molecular formula is C7H13NO4. The number of likely N-dealkylation sites (N-methyl/N-ethyl adjacent to an activating group) is 1. The van der Waals surface area contributed by atoms with Crippen LogP contribution in [0.1, 0.15) is 6.92 Å². The smallest absolute Gasteiger partial charge is 0.396 e. The lowest BCUT2D eigenvalue weighted by Crippen LogP contribution is -2.38. The average molecular weight is 175 g/mol. The zero-order valence-corrected chi connectivity index (χ0v) is 7.24. The Labute approximate surface area is 70.9 Å². The molecule has 5 nitrogen and oxygen atoms in total. The van der Waals surface area contributed by atoms with E-state index in [4.69, 9.17) is 5.11 Å². The monoisotopic (exact) mass is 175 g/mol. The van der Waals surface area contributed by atoms with Crippen molar-refractivity contribution >= 4 is 11.9 Å². The number of esters is 1. The molecule has 0 aromatic heterocycles. The molecule has 0 bridgehead atoms. The Kier molecular flexibility index (Phi) is 5.03. The van der Waals surface area contributed by atoms with E-state index in [1.54, 1.807) is 6.92 Å². The molecule has 5 heteroatoms. The number of hydrogen-bond donors (Lipinski definition) is 1. The summed E-state index contributed by atoms with van der Waals surface area (Å²) < 4.78 is 4.23. The maximum Gasteiger partial charge on any atom is 0.396 e. The summed E-state index contributed by atoms with van der Waals surface area (Å²) in [4.78, 5) is 22.9. The van der Waals surface area contributed by atoms with Crippen molar-refractivity contribution in [2.24, 2.45) is 0 Å². The Morgan fingerprint density at radius 1 is 1.50 bits per heavy atom. The van der Waals surface area contributed by atoms with E-state index in [0.717, 1.165) is 7.11 Å². The minimum atomic E-state index is -0.898. The first-order chi connectivity index (χ1) is 5.67. The lowest BCUT2D eigenvalue weighted by atomic mass is 10.4.